The highest BCUT2D eigenvalue weighted by molar-refractivity contribution is 7.98. The molecule has 5 heteroatoms. The van der Waals surface area contributed by atoms with Gasteiger partial charge in [0.15, 0.2) is 0 Å². The van der Waals surface area contributed by atoms with Crippen molar-refractivity contribution in [3.63, 3.8) is 0 Å². The molecule has 0 aromatic carbocycles. The van der Waals surface area contributed by atoms with Crippen LogP contribution in [0.5, 0.6) is 0 Å². The summed E-state index contributed by atoms with van der Waals surface area (Å²) in [5, 5.41) is 6.68. The molecule has 1 heterocycles. The largest absolute Gasteiger partial charge is 0.370 e. The quantitative estimate of drug-likeness (QED) is 0.698. The number of thioether (sulfide) groups is 1. The summed E-state index contributed by atoms with van der Waals surface area (Å²) in [5.41, 5.74) is 1.21. The molecule has 1 rings (SSSR count). The van der Waals surface area contributed by atoms with Crippen molar-refractivity contribution in [2.45, 2.75) is 26.7 Å². The minimum absolute atomic E-state index is 0.887. The zero-order valence-electron chi connectivity index (χ0n) is 10.9. The van der Waals surface area contributed by atoms with Crippen molar-refractivity contribution in [2.24, 2.45) is 0 Å². The van der Waals surface area contributed by atoms with Crippen LogP contribution in [0, 0.1) is 0 Å². The Hall–Kier alpha value is -0.970. The maximum absolute atomic E-state index is 4.34. The van der Waals surface area contributed by atoms with Gasteiger partial charge in [-0.2, -0.15) is 11.8 Å². The highest BCUT2D eigenvalue weighted by Gasteiger charge is 2.09. The molecule has 0 saturated heterocycles. The first-order chi connectivity index (χ1) is 8.33. The van der Waals surface area contributed by atoms with E-state index in [1.54, 1.807) is 6.33 Å². The average Bonchev–Trinajstić information content (AvgIpc) is 2.33. The summed E-state index contributed by atoms with van der Waals surface area (Å²) < 4.78 is 0. The fourth-order valence-corrected chi connectivity index (χ4v) is 1.95. The first kappa shape index (κ1) is 14.1. The summed E-state index contributed by atoms with van der Waals surface area (Å²) in [5.74, 6) is 3.04. The van der Waals surface area contributed by atoms with E-state index in [0.717, 1.165) is 43.3 Å². The number of hydrogen-bond donors (Lipinski definition) is 2. The van der Waals surface area contributed by atoms with Gasteiger partial charge in [-0.05, 0) is 19.6 Å². The number of nitrogens with zero attached hydrogens (tertiary/aromatic N) is 2. The first-order valence-corrected chi connectivity index (χ1v) is 7.53. The van der Waals surface area contributed by atoms with E-state index in [1.165, 1.54) is 5.56 Å². The van der Waals surface area contributed by atoms with E-state index in [-0.39, 0.29) is 0 Å². The van der Waals surface area contributed by atoms with E-state index in [2.05, 4.69) is 40.7 Å². The van der Waals surface area contributed by atoms with E-state index in [4.69, 9.17) is 0 Å². The summed E-state index contributed by atoms with van der Waals surface area (Å²) >= 11 is 1.83. The number of nitrogens with one attached hydrogen (secondary N) is 2. The lowest BCUT2D eigenvalue weighted by atomic mass is 10.1. The molecule has 4 nitrogen and oxygen atoms in total. The van der Waals surface area contributed by atoms with Crippen molar-refractivity contribution in [1.82, 2.24) is 9.97 Å². The summed E-state index contributed by atoms with van der Waals surface area (Å²) in [6.07, 6.45) is 5.84. The highest BCUT2D eigenvalue weighted by atomic mass is 32.2. The summed E-state index contributed by atoms with van der Waals surface area (Å²) in [7, 11) is 0. The van der Waals surface area contributed by atoms with Crippen molar-refractivity contribution in [2.75, 3.05) is 35.7 Å². The van der Waals surface area contributed by atoms with Crippen LogP contribution in [-0.2, 0) is 6.42 Å². The standard InChI is InChI=1S/C12H22N4S/c1-4-6-10-11(13-5-2)15-9-16-12(10)14-7-8-17-3/h9H,4-8H2,1-3H3,(H2,13,14,15,16). The first-order valence-electron chi connectivity index (χ1n) is 6.14. The van der Waals surface area contributed by atoms with Crippen LogP contribution in [0.15, 0.2) is 6.33 Å². The van der Waals surface area contributed by atoms with Crippen molar-refractivity contribution in [3.05, 3.63) is 11.9 Å². The molecule has 0 atom stereocenters. The van der Waals surface area contributed by atoms with Gasteiger partial charge in [-0.3, -0.25) is 0 Å². The Morgan fingerprint density at radius 2 is 1.88 bits per heavy atom. The van der Waals surface area contributed by atoms with Crippen LogP contribution in [0.2, 0.25) is 0 Å². The summed E-state index contributed by atoms with van der Waals surface area (Å²) in [6, 6.07) is 0. The van der Waals surface area contributed by atoms with Crippen molar-refractivity contribution in [3.8, 4) is 0 Å². The Morgan fingerprint density at radius 1 is 1.18 bits per heavy atom. The zero-order chi connectivity index (χ0) is 12.5. The molecule has 0 unspecified atom stereocenters. The molecule has 0 aliphatic carbocycles. The third-order valence-electron chi connectivity index (χ3n) is 2.39. The lowest BCUT2D eigenvalue weighted by Crippen LogP contribution is -2.12. The predicted molar refractivity (Wildman–Crippen MR) is 77.1 cm³/mol. The third kappa shape index (κ3) is 4.42. The van der Waals surface area contributed by atoms with Crippen LogP contribution in [0.4, 0.5) is 11.6 Å². The highest BCUT2D eigenvalue weighted by Crippen LogP contribution is 2.21. The van der Waals surface area contributed by atoms with Gasteiger partial charge in [-0.25, -0.2) is 9.97 Å². The maximum atomic E-state index is 4.34. The molecule has 0 aliphatic heterocycles. The molecule has 0 radical (unpaired) electrons. The van der Waals surface area contributed by atoms with Crippen LogP contribution < -0.4 is 10.6 Å². The summed E-state index contributed by atoms with van der Waals surface area (Å²) in [4.78, 5) is 8.65. The van der Waals surface area contributed by atoms with Gasteiger partial charge in [0.1, 0.15) is 18.0 Å². The summed E-state index contributed by atoms with van der Waals surface area (Å²) in [6.45, 7) is 6.09. The molecule has 2 N–H and O–H groups in total. The van der Waals surface area contributed by atoms with Crippen molar-refractivity contribution >= 4 is 23.4 Å². The van der Waals surface area contributed by atoms with Crippen molar-refractivity contribution in [1.29, 1.82) is 0 Å². The van der Waals surface area contributed by atoms with Crippen LogP contribution >= 0.6 is 11.8 Å². The molecule has 17 heavy (non-hydrogen) atoms. The van der Waals surface area contributed by atoms with E-state index in [9.17, 15) is 0 Å². The monoisotopic (exact) mass is 254 g/mol. The topological polar surface area (TPSA) is 49.8 Å². The van der Waals surface area contributed by atoms with Gasteiger partial charge in [-0.15, -0.1) is 0 Å². The van der Waals surface area contributed by atoms with Crippen LogP contribution in [0.3, 0.4) is 0 Å². The van der Waals surface area contributed by atoms with E-state index >= 15 is 0 Å². The van der Waals surface area contributed by atoms with Gasteiger partial charge in [0.2, 0.25) is 0 Å². The Morgan fingerprint density at radius 3 is 2.47 bits per heavy atom. The second kappa shape index (κ2) is 8.17. The molecule has 0 saturated carbocycles. The number of anilines is 2. The molecule has 1 aromatic heterocycles. The van der Waals surface area contributed by atoms with Crippen LogP contribution in [0.25, 0.3) is 0 Å². The number of rotatable bonds is 8. The number of hydrogen-bond acceptors (Lipinski definition) is 5. The Balaban J connectivity index is 2.81. The fraction of sp³-hybridized carbons (Fsp3) is 0.667. The van der Waals surface area contributed by atoms with Crippen molar-refractivity contribution < 1.29 is 0 Å². The Bertz CT molecular complexity index is 330. The third-order valence-corrected chi connectivity index (χ3v) is 3.00. The smallest absolute Gasteiger partial charge is 0.134 e. The molecule has 0 bridgehead atoms. The lowest BCUT2D eigenvalue weighted by Gasteiger charge is -2.14. The zero-order valence-corrected chi connectivity index (χ0v) is 11.7. The Kier molecular flexibility index (Phi) is 6.77. The van der Waals surface area contributed by atoms with Gasteiger partial charge in [0.05, 0.1) is 0 Å². The molecule has 96 valence electrons. The second-order valence-corrected chi connectivity index (χ2v) is 4.73. The lowest BCUT2D eigenvalue weighted by molar-refractivity contribution is 0.898. The predicted octanol–water partition coefficient (Wildman–Crippen LogP) is 2.64. The van der Waals surface area contributed by atoms with Crippen LogP contribution in [-0.4, -0.2) is 35.1 Å². The molecule has 0 fully saturated rings. The van der Waals surface area contributed by atoms with Gasteiger partial charge in [0.25, 0.3) is 0 Å². The Labute approximate surface area is 108 Å². The van der Waals surface area contributed by atoms with Gasteiger partial charge in [-0.1, -0.05) is 13.3 Å². The minimum Gasteiger partial charge on any atom is -0.370 e. The fourth-order valence-electron chi connectivity index (χ4n) is 1.64. The molecule has 0 spiro atoms. The molecule has 1 aromatic rings. The van der Waals surface area contributed by atoms with Gasteiger partial charge < -0.3 is 10.6 Å². The van der Waals surface area contributed by atoms with Crippen LogP contribution in [0.1, 0.15) is 25.8 Å². The van der Waals surface area contributed by atoms with Gasteiger partial charge >= 0.3 is 0 Å². The SMILES string of the molecule is CCCc1c(NCC)ncnc1NCCSC. The average molecular weight is 254 g/mol. The number of aromatic nitrogens is 2. The minimum atomic E-state index is 0.887. The van der Waals surface area contributed by atoms with E-state index in [0.29, 0.717) is 0 Å². The second-order valence-electron chi connectivity index (χ2n) is 3.75. The maximum Gasteiger partial charge on any atom is 0.134 e. The van der Waals surface area contributed by atoms with E-state index < -0.39 is 0 Å². The molecule has 0 aliphatic rings. The van der Waals surface area contributed by atoms with E-state index in [1.807, 2.05) is 11.8 Å². The molecular formula is C12H22N4S. The molecule has 0 amide bonds. The molecular weight excluding hydrogens is 232 g/mol. The normalized spacial score (nSPS) is 10.3. The van der Waals surface area contributed by atoms with Gasteiger partial charge in [0, 0.05) is 24.4 Å².